The number of carbonyl (C=O) groups excluding carboxylic acids is 2. The lowest BCUT2D eigenvalue weighted by Gasteiger charge is -2.29. The average molecular weight is 387 g/mol. The highest BCUT2D eigenvalue weighted by Crippen LogP contribution is 2.35. The van der Waals surface area contributed by atoms with Crippen LogP contribution in [-0.4, -0.2) is 18.4 Å². The summed E-state index contributed by atoms with van der Waals surface area (Å²) in [7, 11) is 0. The van der Waals surface area contributed by atoms with Gasteiger partial charge in [0.15, 0.2) is 0 Å². The van der Waals surface area contributed by atoms with Crippen molar-refractivity contribution >= 4 is 34.8 Å². The molecule has 0 aliphatic carbocycles. The van der Waals surface area contributed by atoms with Crippen LogP contribution >= 0.6 is 11.6 Å². The molecule has 0 fully saturated rings. The van der Waals surface area contributed by atoms with E-state index in [9.17, 15) is 9.59 Å². The molecule has 0 spiro atoms. The summed E-state index contributed by atoms with van der Waals surface area (Å²) in [6, 6.07) is 13.1. The number of nitrogens with one attached hydrogen (secondary N) is 1. The van der Waals surface area contributed by atoms with Crippen molar-refractivity contribution in [3.8, 4) is 0 Å². The number of benzene rings is 2. The first-order valence-electron chi connectivity index (χ1n) is 9.17. The van der Waals surface area contributed by atoms with Crippen LogP contribution in [0.25, 0.3) is 0 Å². The Balaban J connectivity index is 2.39. The maximum Gasteiger partial charge on any atom is 0.244 e. The van der Waals surface area contributed by atoms with E-state index in [-0.39, 0.29) is 30.2 Å². The maximum absolute atomic E-state index is 12.7. The number of hydrogen-bond donors (Lipinski definition) is 1. The second-order valence-corrected chi connectivity index (χ2v) is 7.63. The normalized spacial score (nSPS) is 11.0. The Kier molecular flexibility index (Phi) is 7.03. The monoisotopic (exact) mass is 386 g/mol. The van der Waals surface area contributed by atoms with E-state index < -0.39 is 0 Å². The maximum atomic E-state index is 12.7. The molecule has 2 rings (SSSR count). The molecule has 4 nitrogen and oxygen atoms in total. The topological polar surface area (TPSA) is 49.4 Å². The van der Waals surface area contributed by atoms with Crippen LogP contribution in [-0.2, 0) is 9.59 Å². The first-order chi connectivity index (χ1) is 12.7. The fourth-order valence-corrected chi connectivity index (χ4v) is 3.25. The minimum absolute atomic E-state index is 0.0655. The number of carbonyl (C=O) groups is 2. The number of halogens is 1. The number of hydrogen-bond acceptors (Lipinski definition) is 2. The van der Waals surface area contributed by atoms with Crippen LogP contribution in [0.2, 0.25) is 5.02 Å². The Hall–Kier alpha value is -2.33. The SMILES string of the molecule is CC(=O)N(CC(=O)Nc1ccccc1Cl)c1c(C(C)C)cccc1C(C)C. The van der Waals surface area contributed by atoms with Crippen molar-refractivity contribution in [3.63, 3.8) is 0 Å². The van der Waals surface area contributed by atoms with E-state index in [1.807, 2.05) is 18.2 Å². The molecule has 144 valence electrons. The highest BCUT2D eigenvalue weighted by molar-refractivity contribution is 6.33. The minimum Gasteiger partial charge on any atom is -0.323 e. The lowest BCUT2D eigenvalue weighted by atomic mass is 9.91. The van der Waals surface area contributed by atoms with Gasteiger partial charge in [0.05, 0.1) is 16.4 Å². The summed E-state index contributed by atoms with van der Waals surface area (Å²) >= 11 is 6.12. The van der Waals surface area contributed by atoms with Crippen molar-refractivity contribution in [1.82, 2.24) is 0 Å². The van der Waals surface area contributed by atoms with Gasteiger partial charge in [-0.05, 0) is 35.1 Å². The Bertz CT molecular complexity index is 805. The summed E-state index contributed by atoms with van der Waals surface area (Å²) in [6.45, 7) is 9.78. The summed E-state index contributed by atoms with van der Waals surface area (Å²) in [5, 5.41) is 3.26. The van der Waals surface area contributed by atoms with Gasteiger partial charge in [-0.2, -0.15) is 0 Å². The number of anilines is 2. The predicted molar refractivity (Wildman–Crippen MR) is 113 cm³/mol. The Morgan fingerprint density at radius 1 is 0.963 bits per heavy atom. The third-order valence-electron chi connectivity index (χ3n) is 4.44. The van der Waals surface area contributed by atoms with Crippen molar-refractivity contribution in [3.05, 3.63) is 58.6 Å². The zero-order chi connectivity index (χ0) is 20.1. The predicted octanol–water partition coefficient (Wildman–Crippen LogP) is 5.58. The number of nitrogens with zero attached hydrogens (tertiary/aromatic N) is 1. The summed E-state index contributed by atoms with van der Waals surface area (Å²) in [5.41, 5.74) is 3.49. The molecule has 1 N–H and O–H groups in total. The molecular formula is C22H27ClN2O2. The number of amides is 2. The Morgan fingerprint density at radius 3 is 2.00 bits per heavy atom. The average Bonchev–Trinajstić information content (AvgIpc) is 2.60. The van der Waals surface area contributed by atoms with Crippen LogP contribution in [0, 0.1) is 0 Å². The van der Waals surface area contributed by atoms with Gasteiger partial charge in [0, 0.05) is 6.92 Å². The second kappa shape index (κ2) is 9.05. The molecule has 0 saturated heterocycles. The van der Waals surface area contributed by atoms with Crippen molar-refractivity contribution in [2.75, 3.05) is 16.8 Å². The molecule has 2 aromatic rings. The van der Waals surface area contributed by atoms with Crippen LogP contribution in [0.5, 0.6) is 0 Å². The van der Waals surface area contributed by atoms with Gasteiger partial charge in [-0.25, -0.2) is 0 Å². The lowest BCUT2D eigenvalue weighted by Crippen LogP contribution is -2.38. The van der Waals surface area contributed by atoms with Crippen LogP contribution in [0.4, 0.5) is 11.4 Å². The molecular weight excluding hydrogens is 360 g/mol. The van der Waals surface area contributed by atoms with Gasteiger partial charge in [-0.1, -0.05) is 69.6 Å². The number of rotatable bonds is 6. The third kappa shape index (κ3) is 5.10. The Labute approximate surface area is 166 Å². The van der Waals surface area contributed by atoms with Gasteiger partial charge in [0.2, 0.25) is 11.8 Å². The molecule has 0 aromatic heterocycles. The zero-order valence-corrected chi connectivity index (χ0v) is 17.3. The standard InChI is InChI=1S/C22H27ClN2O2/c1-14(2)17-9-8-10-18(15(3)4)22(17)25(16(5)26)13-21(27)24-20-12-7-6-11-19(20)23/h6-12,14-15H,13H2,1-5H3,(H,24,27). The molecule has 0 aliphatic rings. The van der Waals surface area contributed by atoms with Gasteiger partial charge in [-0.3, -0.25) is 9.59 Å². The second-order valence-electron chi connectivity index (χ2n) is 7.23. The van der Waals surface area contributed by atoms with E-state index in [1.54, 1.807) is 29.2 Å². The third-order valence-corrected chi connectivity index (χ3v) is 4.77. The summed E-state index contributed by atoms with van der Waals surface area (Å²) in [6.07, 6.45) is 0. The molecule has 0 aliphatic heterocycles. The summed E-state index contributed by atoms with van der Waals surface area (Å²) in [5.74, 6) is 0.00484. The van der Waals surface area contributed by atoms with Crippen LogP contribution in [0.1, 0.15) is 57.6 Å². The fourth-order valence-electron chi connectivity index (χ4n) is 3.07. The molecule has 2 amide bonds. The summed E-state index contributed by atoms with van der Waals surface area (Å²) in [4.78, 5) is 26.7. The molecule has 5 heteroatoms. The highest BCUT2D eigenvalue weighted by atomic mass is 35.5. The minimum atomic E-state index is -0.286. The van der Waals surface area contributed by atoms with E-state index in [4.69, 9.17) is 11.6 Å². The van der Waals surface area contributed by atoms with Crippen LogP contribution in [0.15, 0.2) is 42.5 Å². The van der Waals surface area contributed by atoms with E-state index in [1.165, 1.54) is 6.92 Å². The lowest BCUT2D eigenvalue weighted by molar-refractivity contribution is -0.120. The van der Waals surface area contributed by atoms with Crippen molar-refractivity contribution in [1.29, 1.82) is 0 Å². The molecule has 0 unspecified atom stereocenters. The van der Waals surface area contributed by atoms with E-state index >= 15 is 0 Å². The molecule has 0 saturated carbocycles. The molecule has 0 bridgehead atoms. The summed E-state index contributed by atoms with van der Waals surface area (Å²) < 4.78 is 0. The largest absolute Gasteiger partial charge is 0.323 e. The molecule has 0 radical (unpaired) electrons. The molecule has 0 heterocycles. The van der Waals surface area contributed by atoms with E-state index in [2.05, 4.69) is 33.0 Å². The molecule has 27 heavy (non-hydrogen) atoms. The van der Waals surface area contributed by atoms with Crippen molar-refractivity contribution in [2.45, 2.75) is 46.5 Å². The van der Waals surface area contributed by atoms with Gasteiger partial charge in [0.1, 0.15) is 6.54 Å². The molecule has 0 atom stereocenters. The van der Waals surface area contributed by atoms with Gasteiger partial charge in [0.25, 0.3) is 0 Å². The van der Waals surface area contributed by atoms with Gasteiger partial charge >= 0.3 is 0 Å². The van der Waals surface area contributed by atoms with Gasteiger partial charge < -0.3 is 10.2 Å². The zero-order valence-electron chi connectivity index (χ0n) is 16.5. The van der Waals surface area contributed by atoms with Crippen molar-refractivity contribution < 1.29 is 9.59 Å². The first kappa shape index (κ1) is 21.0. The fraction of sp³-hybridized carbons (Fsp3) is 0.364. The first-order valence-corrected chi connectivity index (χ1v) is 9.55. The van der Waals surface area contributed by atoms with Crippen molar-refractivity contribution in [2.24, 2.45) is 0 Å². The van der Waals surface area contributed by atoms with Gasteiger partial charge in [-0.15, -0.1) is 0 Å². The number of para-hydroxylation sites is 2. The Morgan fingerprint density at radius 2 is 1.52 bits per heavy atom. The van der Waals surface area contributed by atoms with E-state index in [0.717, 1.165) is 16.8 Å². The highest BCUT2D eigenvalue weighted by Gasteiger charge is 2.24. The molecule has 2 aromatic carbocycles. The van der Waals surface area contributed by atoms with Crippen LogP contribution in [0.3, 0.4) is 0 Å². The van der Waals surface area contributed by atoms with E-state index in [0.29, 0.717) is 10.7 Å². The smallest absolute Gasteiger partial charge is 0.244 e. The quantitative estimate of drug-likeness (QED) is 0.704. The van der Waals surface area contributed by atoms with Crippen LogP contribution < -0.4 is 10.2 Å².